The Hall–Kier alpha value is -2.44. The van der Waals surface area contributed by atoms with Gasteiger partial charge in [-0.15, -0.1) is 5.10 Å². The van der Waals surface area contributed by atoms with Crippen LogP contribution in [0.1, 0.15) is 41.6 Å². The molecule has 0 aliphatic rings. The van der Waals surface area contributed by atoms with Gasteiger partial charge in [0.15, 0.2) is 5.69 Å². The molecule has 2 rings (SSSR count). The molecule has 0 unspecified atom stereocenters. The minimum atomic E-state index is -1.07. The fourth-order valence-electron chi connectivity index (χ4n) is 1.97. The molecular weight excluding hydrogens is 260 g/mol. The van der Waals surface area contributed by atoms with Crippen LogP contribution in [0.25, 0.3) is 0 Å². The number of carbonyl (C=O) groups is 1. The van der Waals surface area contributed by atoms with Crippen LogP contribution in [-0.4, -0.2) is 38.2 Å². The summed E-state index contributed by atoms with van der Waals surface area (Å²) in [7, 11) is 1.55. The number of hydrogen-bond acceptors (Lipinski definition) is 5. The van der Waals surface area contributed by atoms with Crippen molar-refractivity contribution < 1.29 is 14.6 Å². The van der Waals surface area contributed by atoms with Crippen LogP contribution in [0.5, 0.6) is 5.88 Å². The molecule has 2 aromatic heterocycles. The van der Waals surface area contributed by atoms with Gasteiger partial charge in [-0.2, -0.15) is 0 Å². The fraction of sp³-hybridized carbons (Fsp3) is 0.385. The average Bonchev–Trinajstić information content (AvgIpc) is 2.83. The first-order valence-corrected chi connectivity index (χ1v) is 6.19. The van der Waals surface area contributed by atoms with Crippen molar-refractivity contribution in [1.29, 1.82) is 0 Å². The lowest BCUT2D eigenvalue weighted by Gasteiger charge is -2.10. The lowest BCUT2D eigenvalue weighted by molar-refractivity contribution is 0.0688. The van der Waals surface area contributed by atoms with Crippen LogP contribution in [0.4, 0.5) is 0 Å². The van der Waals surface area contributed by atoms with Gasteiger partial charge in [0.25, 0.3) is 0 Å². The van der Waals surface area contributed by atoms with Crippen molar-refractivity contribution in [2.24, 2.45) is 0 Å². The Morgan fingerprint density at radius 1 is 1.45 bits per heavy atom. The zero-order valence-corrected chi connectivity index (χ0v) is 11.6. The quantitative estimate of drug-likeness (QED) is 0.891. The summed E-state index contributed by atoms with van der Waals surface area (Å²) in [5.41, 5.74) is 1.30. The summed E-state index contributed by atoms with van der Waals surface area (Å²) in [6.07, 6.45) is 0. The van der Waals surface area contributed by atoms with E-state index in [1.807, 2.05) is 26.0 Å². The van der Waals surface area contributed by atoms with Crippen LogP contribution < -0.4 is 4.74 Å². The predicted octanol–water partition coefficient (Wildman–Crippen LogP) is 1.55. The molecule has 0 fully saturated rings. The molecule has 0 aromatic carbocycles. The Bertz CT molecular complexity index is 622. The summed E-state index contributed by atoms with van der Waals surface area (Å²) in [4.78, 5) is 15.4. The molecule has 1 N–H and O–H groups in total. The monoisotopic (exact) mass is 276 g/mol. The first kappa shape index (κ1) is 14.0. The minimum absolute atomic E-state index is 0.00158. The van der Waals surface area contributed by atoms with Gasteiger partial charge in [-0.3, -0.25) is 0 Å². The van der Waals surface area contributed by atoms with Crippen LogP contribution in [0.15, 0.2) is 18.2 Å². The zero-order chi connectivity index (χ0) is 14.7. The van der Waals surface area contributed by atoms with Crippen LogP contribution in [0.2, 0.25) is 0 Å². The van der Waals surface area contributed by atoms with E-state index in [1.165, 1.54) is 0 Å². The van der Waals surface area contributed by atoms with Crippen LogP contribution in [-0.2, 0) is 6.54 Å². The van der Waals surface area contributed by atoms with Crippen molar-refractivity contribution >= 4 is 5.97 Å². The first-order chi connectivity index (χ1) is 9.52. The van der Waals surface area contributed by atoms with E-state index in [9.17, 15) is 4.79 Å². The summed E-state index contributed by atoms with van der Waals surface area (Å²) in [6.45, 7) is 4.16. The molecule has 0 radical (unpaired) electrons. The highest BCUT2D eigenvalue weighted by molar-refractivity contribution is 5.86. The summed E-state index contributed by atoms with van der Waals surface area (Å²) in [6, 6.07) is 5.40. The smallest absolute Gasteiger partial charge is 0.358 e. The second-order valence-electron chi connectivity index (χ2n) is 4.61. The van der Waals surface area contributed by atoms with Gasteiger partial charge in [0.05, 0.1) is 25.0 Å². The van der Waals surface area contributed by atoms with Gasteiger partial charge < -0.3 is 9.84 Å². The Balaban J connectivity index is 2.35. The predicted molar refractivity (Wildman–Crippen MR) is 71.0 cm³/mol. The largest absolute Gasteiger partial charge is 0.481 e. The molecule has 0 amide bonds. The average molecular weight is 276 g/mol. The standard InChI is InChI=1S/C13H16N4O3/c1-8(2)12-11(13(18)19)15-16-17(12)7-9-5-4-6-10(14-9)20-3/h4-6,8H,7H2,1-3H3,(H,18,19). The summed E-state index contributed by atoms with van der Waals surface area (Å²) >= 11 is 0. The van der Waals surface area contributed by atoms with E-state index in [1.54, 1.807) is 17.9 Å². The molecule has 0 aliphatic carbocycles. The lowest BCUT2D eigenvalue weighted by Crippen LogP contribution is -2.11. The number of ether oxygens (including phenoxy) is 1. The molecule has 0 saturated heterocycles. The number of pyridine rings is 1. The van der Waals surface area contributed by atoms with Crippen molar-refractivity contribution in [2.75, 3.05) is 7.11 Å². The first-order valence-electron chi connectivity index (χ1n) is 6.19. The van der Waals surface area contributed by atoms with Gasteiger partial charge in [-0.05, 0) is 12.0 Å². The van der Waals surface area contributed by atoms with Gasteiger partial charge in [0.1, 0.15) is 0 Å². The molecule has 0 atom stereocenters. The topological polar surface area (TPSA) is 90.1 Å². The van der Waals surface area contributed by atoms with E-state index in [-0.39, 0.29) is 11.6 Å². The molecule has 20 heavy (non-hydrogen) atoms. The van der Waals surface area contributed by atoms with Crippen molar-refractivity contribution in [1.82, 2.24) is 20.0 Å². The highest BCUT2D eigenvalue weighted by atomic mass is 16.5. The molecule has 0 saturated carbocycles. The van der Waals surface area contributed by atoms with E-state index in [2.05, 4.69) is 15.3 Å². The maximum atomic E-state index is 11.1. The number of carboxylic acid groups (broad SMARTS) is 1. The van der Waals surface area contributed by atoms with Crippen molar-refractivity contribution in [3.05, 3.63) is 35.3 Å². The lowest BCUT2D eigenvalue weighted by atomic mass is 10.1. The van der Waals surface area contributed by atoms with Gasteiger partial charge >= 0.3 is 5.97 Å². The second kappa shape index (κ2) is 5.68. The third kappa shape index (κ3) is 2.76. The molecule has 106 valence electrons. The number of nitrogens with zero attached hydrogens (tertiary/aromatic N) is 4. The second-order valence-corrected chi connectivity index (χ2v) is 4.61. The molecule has 7 nitrogen and oxygen atoms in total. The summed E-state index contributed by atoms with van der Waals surface area (Å²) < 4.78 is 6.63. The normalized spacial score (nSPS) is 10.8. The van der Waals surface area contributed by atoms with E-state index < -0.39 is 5.97 Å². The fourth-order valence-corrected chi connectivity index (χ4v) is 1.97. The summed E-state index contributed by atoms with van der Waals surface area (Å²) in [5.74, 6) is -0.563. The molecular formula is C13H16N4O3. The SMILES string of the molecule is COc1cccc(Cn2nnc(C(=O)O)c2C(C)C)n1. The molecule has 0 aliphatic heterocycles. The Labute approximate surface area is 116 Å². The maximum Gasteiger partial charge on any atom is 0.358 e. The van der Waals surface area contributed by atoms with E-state index in [0.717, 1.165) is 5.69 Å². The zero-order valence-electron chi connectivity index (χ0n) is 11.6. The number of aromatic nitrogens is 4. The van der Waals surface area contributed by atoms with E-state index in [0.29, 0.717) is 18.1 Å². The van der Waals surface area contributed by atoms with Crippen molar-refractivity contribution in [2.45, 2.75) is 26.3 Å². The highest BCUT2D eigenvalue weighted by Gasteiger charge is 2.21. The number of rotatable bonds is 5. The van der Waals surface area contributed by atoms with Gasteiger partial charge in [0.2, 0.25) is 5.88 Å². The molecule has 0 bridgehead atoms. The maximum absolute atomic E-state index is 11.1. The third-order valence-corrected chi connectivity index (χ3v) is 2.82. The van der Waals surface area contributed by atoms with Crippen molar-refractivity contribution in [3.8, 4) is 5.88 Å². The number of methoxy groups -OCH3 is 1. The van der Waals surface area contributed by atoms with Gasteiger partial charge in [0, 0.05) is 6.07 Å². The Morgan fingerprint density at radius 3 is 2.80 bits per heavy atom. The third-order valence-electron chi connectivity index (χ3n) is 2.82. The number of hydrogen-bond donors (Lipinski definition) is 1. The summed E-state index contributed by atoms with van der Waals surface area (Å²) in [5, 5.41) is 16.8. The molecule has 7 heteroatoms. The molecule has 0 spiro atoms. The van der Waals surface area contributed by atoms with Gasteiger partial charge in [-0.1, -0.05) is 25.1 Å². The van der Waals surface area contributed by atoms with Crippen molar-refractivity contribution in [3.63, 3.8) is 0 Å². The van der Waals surface area contributed by atoms with E-state index in [4.69, 9.17) is 9.84 Å². The number of carboxylic acids is 1. The Morgan fingerprint density at radius 2 is 2.20 bits per heavy atom. The number of aromatic carboxylic acids is 1. The van der Waals surface area contributed by atoms with Crippen LogP contribution in [0, 0.1) is 0 Å². The molecule has 2 heterocycles. The van der Waals surface area contributed by atoms with Gasteiger partial charge in [-0.25, -0.2) is 14.5 Å². The van der Waals surface area contributed by atoms with Crippen LogP contribution >= 0.6 is 0 Å². The highest BCUT2D eigenvalue weighted by Crippen LogP contribution is 2.19. The molecule has 2 aromatic rings. The minimum Gasteiger partial charge on any atom is -0.481 e. The van der Waals surface area contributed by atoms with E-state index >= 15 is 0 Å². The Kier molecular flexibility index (Phi) is 3.97. The van der Waals surface area contributed by atoms with Crippen LogP contribution in [0.3, 0.4) is 0 Å².